The van der Waals surface area contributed by atoms with Crippen molar-refractivity contribution in [2.24, 2.45) is 0 Å². The molecular formula is C24H19N7O. The van der Waals surface area contributed by atoms with Gasteiger partial charge in [0, 0.05) is 24.5 Å². The Bertz CT molecular complexity index is 1470. The third-order valence-electron chi connectivity index (χ3n) is 5.28. The first kappa shape index (κ1) is 19.5. The summed E-state index contributed by atoms with van der Waals surface area (Å²) < 4.78 is 3.71. The Kier molecular flexibility index (Phi) is 5.06. The van der Waals surface area contributed by atoms with Crippen molar-refractivity contribution in [3.8, 4) is 6.07 Å². The molecular weight excluding hydrogens is 402 g/mol. The SMILES string of the molecule is N#Cc1cccc(Cn2nc(C(=O)NCCc3nnc4ccccn34)c3ccccc32)c1. The Morgan fingerprint density at radius 3 is 2.81 bits per heavy atom. The van der Waals surface area contributed by atoms with Gasteiger partial charge in [-0.15, -0.1) is 10.2 Å². The molecule has 0 saturated carbocycles. The van der Waals surface area contributed by atoms with Crippen LogP contribution in [0, 0.1) is 11.3 Å². The highest BCUT2D eigenvalue weighted by Crippen LogP contribution is 2.20. The van der Waals surface area contributed by atoms with Crippen LogP contribution in [0.5, 0.6) is 0 Å². The fourth-order valence-corrected chi connectivity index (χ4v) is 3.76. The maximum Gasteiger partial charge on any atom is 0.272 e. The minimum absolute atomic E-state index is 0.237. The van der Waals surface area contributed by atoms with Crippen molar-refractivity contribution < 1.29 is 4.79 Å². The third-order valence-corrected chi connectivity index (χ3v) is 5.28. The van der Waals surface area contributed by atoms with Gasteiger partial charge in [0.15, 0.2) is 11.3 Å². The largest absolute Gasteiger partial charge is 0.350 e. The quantitative estimate of drug-likeness (QED) is 0.454. The average molecular weight is 421 g/mol. The number of nitrogens with one attached hydrogen (secondary N) is 1. The van der Waals surface area contributed by atoms with Gasteiger partial charge in [0.25, 0.3) is 5.91 Å². The second-order valence-corrected chi connectivity index (χ2v) is 7.39. The third kappa shape index (κ3) is 3.68. The molecule has 3 aromatic heterocycles. The van der Waals surface area contributed by atoms with Gasteiger partial charge in [-0.1, -0.05) is 36.4 Å². The van der Waals surface area contributed by atoms with E-state index in [2.05, 4.69) is 26.7 Å². The molecule has 0 aliphatic rings. The highest BCUT2D eigenvalue weighted by Gasteiger charge is 2.17. The van der Waals surface area contributed by atoms with E-state index in [4.69, 9.17) is 5.26 Å². The normalized spacial score (nSPS) is 11.0. The Balaban J connectivity index is 1.35. The van der Waals surface area contributed by atoms with Crippen LogP contribution in [-0.2, 0) is 13.0 Å². The summed E-state index contributed by atoms with van der Waals surface area (Å²) in [6, 6.07) is 22.9. The fraction of sp³-hybridized carbons (Fsp3) is 0.125. The van der Waals surface area contributed by atoms with Crippen molar-refractivity contribution in [3.63, 3.8) is 0 Å². The van der Waals surface area contributed by atoms with Crippen molar-refractivity contribution in [2.45, 2.75) is 13.0 Å². The first-order valence-electron chi connectivity index (χ1n) is 10.2. The first-order chi connectivity index (χ1) is 15.7. The van der Waals surface area contributed by atoms with Crippen LogP contribution in [0.3, 0.4) is 0 Å². The summed E-state index contributed by atoms with van der Waals surface area (Å²) in [6.07, 6.45) is 2.46. The molecule has 0 aliphatic heterocycles. The topological polar surface area (TPSA) is 101 Å². The van der Waals surface area contributed by atoms with E-state index in [0.29, 0.717) is 30.8 Å². The van der Waals surface area contributed by atoms with Gasteiger partial charge in [-0.05, 0) is 35.9 Å². The molecule has 0 atom stereocenters. The lowest BCUT2D eigenvalue weighted by molar-refractivity contribution is 0.0949. The number of fused-ring (bicyclic) bond motifs is 2. The highest BCUT2D eigenvalue weighted by molar-refractivity contribution is 6.04. The van der Waals surface area contributed by atoms with Crippen LogP contribution >= 0.6 is 0 Å². The lowest BCUT2D eigenvalue weighted by atomic mass is 10.1. The number of rotatable bonds is 6. The molecule has 0 unspecified atom stereocenters. The van der Waals surface area contributed by atoms with Crippen LogP contribution in [0.2, 0.25) is 0 Å². The zero-order chi connectivity index (χ0) is 21.9. The van der Waals surface area contributed by atoms with Gasteiger partial charge in [0.05, 0.1) is 23.7 Å². The average Bonchev–Trinajstić information content (AvgIpc) is 3.41. The van der Waals surface area contributed by atoms with Gasteiger partial charge in [0.2, 0.25) is 0 Å². The van der Waals surface area contributed by atoms with Crippen molar-refractivity contribution in [1.82, 2.24) is 29.7 Å². The zero-order valence-electron chi connectivity index (χ0n) is 17.1. The molecule has 156 valence electrons. The Labute approximate surface area is 183 Å². The van der Waals surface area contributed by atoms with Gasteiger partial charge in [-0.2, -0.15) is 10.4 Å². The molecule has 8 nitrogen and oxygen atoms in total. The minimum atomic E-state index is -0.237. The summed E-state index contributed by atoms with van der Waals surface area (Å²) >= 11 is 0. The van der Waals surface area contributed by atoms with Gasteiger partial charge in [-0.3, -0.25) is 13.9 Å². The molecule has 5 aromatic rings. The van der Waals surface area contributed by atoms with Crippen LogP contribution in [0.25, 0.3) is 16.6 Å². The minimum Gasteiger partial charge on any atom is -0.350 e. The number of para-hydroxylation sites is 1. The predicted molar refractivity (Wildman–Crippen MR) is 119 cm³/mol. The van der Waals surface area contributed by atoms with Gasteiger partial charge >= 0.3 is 0 Å². The van der Waals surface area contributed by atoms with Crippen LogP contribution in [0.4, 0.5) is 0 Å². The van der Waals surface area contributed by atoms with E-state index in [1.54, 1.807) is 10.7 Å². The Hall–Kier alpha value is -4.51. The number of nitrogens with zero attached hydrogens (tertiary/aromatic N) is 6. The van der Waals surface area contributed by atoms with E-state index in [1.165, 1.54) is 0 Å². The molecule has 32 heavy (non-hydrogen) atoms. The van der Waals surface area contributed by atoms with E-state index in [1.807, 2.05) is 71.3 Å². The standard InChI is InChI=1S/C24H19N7O/c25-15-17-6-5-7-18(14-17)16-31-20-9-2-1-8-19(20)23(29-31)24(32)26-12-11-22-28-27-21-10-3-4-13-30(21)22/h1-10,13-14H,11-12,16H2,(H,26,32). The summed E-state index contributed by atoms with van der Waals surface area (Å²) in [7, 11) is 0. The summed E-state index contributed by atoms with van der Waals surface area (Å²) in [5.74, 6) is 0.549. The van der Waals surface area contributed by atoms with Crippen LogP contribution < -0.4 is 5.32 Å². The Morgan fingerprint density at radius 1 is 1.03 bits per heavy atom. The van der Waals surface area contributed by atoms with Crippen molar-refractivity contribution in [1.29, 1.82) is 5.26 Å². The van der Waals surface area contributed by atoms with E-state index < -0.39 is 0 Å². The molecule has 0 bridgehead atoms. The van der Waals surface area contributed by atoms with Gasteiger partial charge in [-0.25, -0.2) is 0 Å². The number of benzene rings is 2. The summed E-state index contributed by atoms with van der Waals surface area (Å²) in [5, 5.41) is 25.8. The van der Waals surface area contributed by atoms with E-state index in [0.717, 1.165) is 27.9 Å². The summed E-state index contributed by atoms with van der Waals surface area (Å²) in [5.41, 5.74) is 3.56. The van der Waals surface area contributed by atoms with E-state index in [9.17, 15) is 4.79 Å². The van der Waals surface area contributed by atoms with Crippen molar-refractivity contribution >= 4 is 22.5 Å². The number of amides is 1. The zero-order valence-corrected chi connectivity index (χ0v) is 17.1. The molecule has 1 amide bonds. The molecule has 1 N–H and O–H groups in total. The lowest BCUT2D eigenvalue weighted by Gasteiger charge is -2.04. The van der Waals surface area contributed by atoms with Crippen LogP contribution in [-0.4, -0.2) is 36.8 Å². The summed E-state index contributed by atoms with van der Waals surface area (Å²) in [4.78, 5) is 12.9. The highest BCUT2D eigenvalue weighted by atomic mass is 16.1. The molecule has 2 aromatic carbocycles. The number of hydrogen-bond acceptors (Lipinski definition) is 5. The maximum absolute atomic E-state index is 12.9. The van der Waals surface area contributed by atoms with Gasteiger partial charge in [0.1, 0.15) is 5.82 Å². The van der Waals surface area contributed by atoms with Crippen LogP contribution in [0.15, 0.2) is 72.9 Å². The fourth-order valence-electron chi connectivity index (χ4n) is 3.76. The number of nitriles is 1. The smallest absolute Gasteiger partial charge is 0.272 e. The number of pyridine rings is 1. The number of hydrogen-bond donors (Lipinski definition) is 1. The number of aromatic nitrogens is 5. The van der Waals surface area contributed by atoms with Gasteiger partial charge < -0.3 is 5.32 Å². The molecule has 0 radical (unpaired) electrons. The van der Waals surface area contributed by atoms with Crippen molar-refractivity contribution in [2.75, 3.05) is 6.54 Å². The maximum atomic E-state index is 12.9. The predicted octanol–water partition coefficient (Wildman–Crippen LogP) is 2.97. The first-order valence-corrected chi connectivity index (χ1v) is 10.2. The second kappa shape index (κ2) is 8.32. The summed E-state index contributed by atoms with van der Waals surface area (Å²) in [6.45, 7) is 0.884. The molecule has 0 saturated heterocycles. The second-order valence-electron chi connectivity index (χ2n) is 7.39. The lowest BCUT2D eigenvalue weighted by Crippen LogP contribution is -2.27. The van der Waals surface area contributed by atoms with E-state index in [-0.39, 0.29) is 5.91 Å². The van der Waals surface area contributed by atoms with Crippen molar-refractivity contribution in [3.05, 3.63) is 95.6 Å². The molecule has 0 spiro atoms. The number of carbonyl (C=O) groups is 1. The molecule has 8 heteroatoms. The molecule has 3 heterocycles. The Morgan fingerprint density at radius 2 is 1.91 bits per heavy atom. The number of carbonyl (C=O) groups excluding carboxylic acids is 1. The monoisotopic (exact) mass is 421 g/mol. The van der Waals surface area contributed by atoms with E-state index >= 15 is 0 Å². The van der Waals surface area contributed by atoms with Crippen LogP contribution in [0.1, 0.15) is 27.4 Å². The molecule has 0 fully saturated rings. The molecule has 5 rings (SSSR count). The molecule has 0 aliphatic carbocycles.